The fraction of sp³-hybridized carbons (Fsp3) is 0.458. The van der Waals surface area contributed by atoms with Gasteiger partial charge in [0, 0.05) is 130 Å². The number of hydrogen-bond acceptors (Lipinski definition) is 15. The van der Waals surface area contributed by atoms with Gasteiger partial charge in [0.1, 0.15) is 0 Å². The largest absolute Gasteiger partial charge is 0.493 e. The minimum absolute atomic E-state index is 0.0205. The number of benzene rings is 4. The van der Waals surface area contributed by atoms with E-state index in [0.29, 0.717) is 48.9 Å². The standard InChI is InChI=1S/C29H37N5O3.C27H37N3O6S.C3H4N2/c1-4-31-15-17-33(18-16-31)26-8-5-7-23-24(26)20-34(29(23)35)25(9-6-13-32-14-12-30-21-32)22-10-11-27(36-2)28(19-22)37-3;1-5-28-13-15-29(16-14-28)24-9-6-8-21-22(24)19-30(27(21)31)23(10-7-17-36-37(4,32)33)20-11-12-25(34-2)26(18-20)35-3;1-2-5-3-4-1/h5,7-8,10-12,14,19,21,25H,4,6,9,13,15-18,20H2,1-3H3;6,8-9,11-12,18,23H,5,7,10,13-17,19H2,1-4H3;1-3H,(H,4,5)/t25-;23-;/m11./s1. The summed E-state index contributed by atoms with van der Waals surface area (Å²) >= 11 is 0. The number of anilines is 2. The first-order valence-electron chi connectivity index (χ1n) is 27.3. The summed E-state index contributed by atoms with van der Waals surface area (Å²) in [5.41, 5.74) is 8.04. The maximum Gasteiger partial charge on any atom is 0.264 e. The van der Waals surface area contributed by atoms with Gasteiger partial charge in [-0.1, -0.05) is 38.1 Å². The van der Waals surface area contributed by atoms with Crippen molar-refractivity contribution < 1.29 is 41.1 Å². The van der Waals surface area contributed by atoms with E-state index in [1.807, 2.05) is 76.9 Å². The second kappa shape index (κ2) is 27.6. The van der Waals surface area contributed by atoms with Crippen LogP contribution in [-0.2, 0) is 33.9 Å². The molecule has 6 heterocycles. The van der Waals surface area contributed by atoms with Crippen LogP contribution in [0.4, 0.5) is 11.4 Å². The summed E-state index contributed by atoms with van der Waals surface area (Å²) in [6.07, 6.45) is 14.5. The molecule has 20 heteroatoms. The van der Waals surface area contributed by atoms with Crippen molar-refractivity contribution in [2.75, 3.05) is 117 Å². The third-order valence-corrected chi connectivity index (χ3v) is 16.0. The number of carbonyl (C=O) groups excluding carboxylic acids is 2. The number of rotatable bonds is 21. The Labute approximate surface area is 466 Å². The van der Waals surface area contributed by atoms with E-state index in [-0.39, 0.29) is 30.5 Å². The number of hydrogen-bond donors (Lipinski definition) is 1. The smallest absolute Gasteiger partial charge is 0.264 e. The number of nitrogens with zero attached hydrogens (tertiary/aromatic N) is 9. The summed E-state index contributed by atoms with van der Waals surface area (Å²) in [7, 11) is 2.93. The highest BCUT2D eigenvalue weighted by molar-refractivity contribution is 7.85. The fourth-order valence-electron chi connectivity index (χ4n) is 11.1. The molecule has 2 saturated heterocycles. The van der Waals surface area contributed by atoms with Crippen molar-refractivity contribution in [1.82, 2.24) is 39.1 Å². The number of methoxy groups -OCH3 is 4. The minimum atomic E-state index is -3.53. The van der Waals surface area contributed by atoms with Gasteiger partial charge in [-0.3, -0.25) is 13.8 Å². The fourth-order valence-corrected chi connectivity index (χ4v) is 11.5. The number of nitrogens with one attached hydrogen (secondary N) is 1. The lowest BCUT2D eigenvalue weighted by Crippen LogP contribution is -2.46. The molecule has 10 rings (SSSR count). The SMILES string of the molecule is CCN1CCN(c2cccc3c2CN([C@H](CCCOS(C)(=O)=O)c2ccc(OC)c(OC)c2)C3=O)CC1.CCN1CCN(c2cccc3c2CN([C@H](CCCn2ccnc2)c2ccc(OC)c(OC)c2)C3=O)CC1.c1c[nH]cn1. The van der Waals surface area contributed by atoms with Crippen molar-refractivity contribution in [3.63, 3.8) is 0 Å². The molecule has 1 N–H and O–H groups in total. The molecule has 0 saturated carbocycles. The maximum atomic E-state index is 13.8. The van der Waals surface area contributed by atoms with Gasteiger partial charge in [-0.05, 0) is 98.4 Å². The number of fused-ring (bicyclic) bond motifs is 2. The van der Waals surface area contributed by atoms with Crippen LogP contribution in [0.3, 0.4) is 0 Å². The van der Waals surface area contributed by atoms with E-state index in [2.05, 4.69) is 71.2 Å². The lowest BCUT2D eigenvalue weighted by molar-refractivity contribution is 0.0679. The van der Waals surface area contributed by atoms with Gasteiger partial charge in [-0.25, -0.2) is 9.97 Å². The number of likely N-dealkylation sites (N-methyl/N-ethyl adjacent to an activating group) is 2. The van der Waals surface area contributed by atoms with E-state index < -0.39 is 10.1 Å². The molecule has 424 valence electrons. The van der Waals surface area contributed by atoms with E-state index in [4.69, 9.17) is 23.1 Å². The quantitative estimate of drug-likeness (QED) is 0.0542. The van der Waals surface area contributed by atoms with Crippen LogP contribution in [0.1, 0.15) is 94.6 Å². The number of aromatic nitrogens is 4. The van der Waals surface area contributed by atoms with E-state index in [0.717, 1.165) is 130 Å². The number of carbonyl (C=O) groups is 2. The topological polar surface area (TPSA) is 180 Å². The minimum Gasteiger partial charge on any atom is -0.493 e. The first-order chi connectivity index (χ1) is 38.4. The zero-order chi connectivity index (χ0) is 55.9. The lowest BCUT2D eigenvalue weighted by atomic mass is 9.99. The van der Waals surface area contributed by atoms with Gasteiger partial charge in [-0.2, -0.15) is 8.42 Å². The average Bonchev–Trinajstić information content (AvgIpc) is 4.51. The molecule has 4 aliphatic heterocycles. The molecule has 79 heavy (non-hydrogen) atoms. The number of piperazine rings is 2. The summed E-state index contributed by atoms with van der Waals surface area (Å²) in [6, 6.07) is 23.5. The van der Waals surface area contributed by atoms with Gasteiger partial charge in [0.2, 0.25) is 0 Å². The highest BCUT2D eigenvalue weighted by Crippen LogP contribution is 2.43. The van der Waals surface area contributed by atoms with Gasteiger partial charge in [-0.15, -0.1) is 0 Å². The molecule has 4 aromatic carbocycles. The summed E-state index contributed by atoms with van der Waals surface area (Å²) < 4.78 is 52.0. The second-order valence-electron chi connectivity index (χ2n) is 19.9. The summed E-state index contributed by atoms with van der Waals surface area (Å²) in [6.45, 7) is 16.5. The molecule has 0 spiro atoms. The van der Waals surface area contributed by atoms with Gasteiger partial charge in [0.25, 0.3) is 21.9 Å². The highest BCUT2D eigenvalue weighted by atomic mass is 32.2. The van der Waals surface area contributed by atoms with Crippen molar-refractivity contribution in [1.29, 1.82) is 0 Å². The van der Waals surface area contributed by atoms with Crippen molar-refractivity contribution in [2.45, 2.75) is 71.2 Å². The molecule has 6 aromatic rings. The van der Waals surface area contributed by atoms with Crippen LogP contribution in [0.5, 0.6) is 23.0 Å². The summed E-state index contributed by atoms with van der Waals surface area (Å²) in [5, 5.41) is 0. The average molecular weight is 1100 g/mol. The third-order valence-electron chi connectivity index (χ3n) is 15.4. The van der Waals surface area contributed by atoms with E-state index >= 15 is 0 Å². The van der Waals surface area contributed by atoms with Crippen molar-refractivity contribution in [2.24, 2.45) is 0 Å². The van der Waals surface area contributed by atoms with Gasteiger partial charge in [0.15, 0.2) is 23.0 Å². The zero-order valence-corrected chi connectivity index (χ0v) is 47.7. The van der Waals surface area contributed by atoms with Gasteiger partial charge < -0.3 is 57.9 Å². The van der Waals surface area contributed by atoms with E-state index in [9.17, 15) is 18.0 Å². The van der Waals surface area contributed by atoms with E-state index in [1.165, 1.54) is 5.69 Å². The van der Waals surface area contributed by atoms with Crippen LogP contribution in [-0.4, -0.2) is 166 Å². The van der Waals surface area contributed by atoms with Crippen molar-refractivity contribution >= 4 is 33.3 Å². The molecule has 2 fully saturated rings. The Morgan fingerprint density at radius 3 is 1.49 bits per heavy atom. The summed E-state index contributed by atoms with van der Waals surface area (Å²) in [4.78, 5) is 51.8. The van der Waals surface area contributed by atoms with E-state index in [1.54, 1.807) is 53.4 Å². The molecule has 2 amide bonds. The third kappa shape index (κ3) is 14.4. The maximum absolute atomic E-state index is 13.8. The Hall–Kier alpha value is -7.13. The Morgan fingerprint density at radius 2 is 1.10 bits per heavy atom. The predicted molar refractivity (Wildman–Crippen MR) is 306 cm³/mol. The first-order valence-corrected chi connectivity index (χ1v) is 29.2. The Bertz CT molecular complexity index is 3000. The first kappa shape index (κ1) is 58.0. The number of aromatic amines is 1. The lowest BCUT2D eigenvalue weighted by Gasteiger charge is -2.36. The second-order valence-corrected chi connectivity index (χ2v) is 21.6. The molecule has 4 aliphatic rings. The Kier molecular flexibility index (Phi) is 20.3. The number of imidazole rings is 2. The van der Waals surface area contributed by atoms with Gasteiger partial charge in [0.05, 0.1) is 66.0 Å². The van der Waals surface area contributed by atoms with Gasteiger partial charge >= 0.3 is 0 Å². The Morgan fingerprint density at radius 1 is 0.608 bits per heavy atom. The highest BCUT2D eigenvalue weighted by Gasteiger charge is 2.38. The molecule has 0 aliphatic carbocycles. The molecule has 0 radical (unpaired) electrons. The normalized spacial score (nSPS) is 16.3. The molecule has 0 bridgehead atoms. The van der Waals surface area contributed by atoms with Crippen molar-refractivity contribution in [3.05, 3.63) is 144 Å². The Balaban J connectivity index is 0.000000191. The molecule has 2 atom stereocenters. The van der Waals surface area contributed by atoms with Crippen LogP contribution >= 0.6 is 0 Å². The molecule has 19 nitrogen and oxygen atoms in total. The van der Waals surface area contributed by atoms with Crippen LogP contribution in [0.25, 0.3) is 0 Å². The number of amides is 2. The summed E-state index contributed by atoms with van der Waals surface area (Å²) in [5.74, 6) is 2.64. The molecular formula is C59H78N10O9S. The molecule has 2 aromatic heterocycles. The number of aryl methyl sites for hydroxylation is 1. The van der Waals surface area contributed by atoms with Crippen LogP contribution in [0, 0.1) is 0 Å². The van der Waals surface area contributed by atoms with Crippen LogP contribution < -0.4 is 28.7 Å². The monoisotopic (exact) mass is 1100 g/mol. The molecule has 0 unspecified atom stereocenters. The van der Waals surface area contributed by atoms with Crippen LogP contribution in [0.15, 0.2) is 110 Å². The van der Waals surface area contributed by atoms with Crippen molar-refractivity contribution in [3.8, 4) is 23.0 Å². The number of ether oxygens (including phenoxy) is 4. The number of H-pyrrole nitrogens is 1. The van der Waals surface area contributed by atoms with Crippen LogP contribution in [0.2, 0.25) is 0 Å². The predicted octanol–water partition coefficient (Wildman–Crippen LogP) is 7.93. The molecular weight excluding hydrogens is 1020 g/mol. The zero-order valence-electron chi connectivity index (χ0n) is 46.9.